The molecule has 1 heterocycles. The number of hydrogen-bond acceptors (Lipinski definition) is 4. The summed E-state index contributed by atoms with van der Waals surface area (Å²) in [7, 11) is -3.67. The highest BCUT2D eigenvalue weighted by Gasteiger charge is 1.98. The molecule has 0 aliphatic carbocycles. The van der Waals surface area contributed by atoms with E-state index >= 15 is 0 Å². The van der Waals surface area contributed by atoms with Crippen molar-refractivity contribution in [1.29, 1.82) is 0 Å². The molecule has 0 bridgehead atoms. The summed E-state index contributed by atoms with van der Waals surface area (Å²) in [5.74, 6) is -0.132. The van der Waals surface area contributed by atoms with Crippen molar-refractivity contribution in [2.75, 3.05) is 5.75 Å². The van der Waals surface area contributed by atoms with E-state index in [4.69, 9.17) is 9.66 Å². The van der Waals surface area contributed by atoms with Crippen LogP contribution in [0.1, 0.15) is 19.0 Å². The average Bonchev–Trinajstić information content (AvgIpc) is 2.18. The second-order valence-corrected chi connectivity index (χ2v) is 4.34. The van der Waals surface area contributed by atoms with Crippen LogP contribution in [0.15, 0.2) is 24.4 Å². The van der Waals surface area contributed by atoms with Crippen LogP contribution < -0.4 is 0 Å². The molecule has 0 aliphatic heterocycles. The first-order valence-corrected chi connectivity index (χ1v) is 6.06. The summed E-state index contributed by atoms with van der Waals surface area (Å²) in [5.41, 5.74) is 0.715. The number of aliphatic hydroxyl groups excluding tert-OH is 1. The van der Waals surface area contributed by atoms with Gasteiger partial charge in [-0.15, -0.1) is 0 Å². The lowest BCUT2D eigenvalue weighted by Gasteiger charge is -1.88. The molecule has 20 heavy (non-hydrogen) atoms. The lowest BCUT2D eigenvalue weighted by atomic mass is 10.4. The fourth-order valence-electron chi connectivity index (χ4n) is 0.750. The standard InChI is InChI=1S/C6H7NO.C3H8O3S.B.4FH/c8-5-6-3-1-2-4-7-6;1-2-3-7(4,5)6;;;;;/h1-4,8H,5H2;2-3H2,1H3,(H,4,5,6);;4*1H. The van der Waals surface area contributed by atoms with Crippen LogP contribution in [-0.2, 0) is 16.7 Å². The van der Waals surface area contributed by atoms with Gasteiger partial charge in [0.1, 0.15) is 0 Å². The third kappa shape index (κ3) is 25.6. The summed E-state index contributed by atoms with van der Waals surface area (Å²) in [6.45, 7) is 1.72. The minimum Gasteiger partial charge on any atom is -0.390 e. The second-order valence-electron chi connectivity index (χ2n) is 2.77. The molecule has 0 aromatic carbocycles. The van der Waals surface area contributed by atoms with Crippen molar-refractivity contribution >= 4 is 18.5 Å². The van der Waals surface area contributed by atoms with E-state index in [9.17, 15) is 8.42 Å². The molecule has 3 radical (unpaired) electrons. The minimum absolute atomic E-state index is 0. The molecule has 0 saturated carbocycles. The van der Waals surface area contributed by atoms with Crippen molar-refractivity contribution in [2.24, 2.45) is 0 Å². The molecule has 0 aliphatic rings. The van der Waals surface area contributed by atoms with Crippen LogP contribution in [0.25, 0.3) is 0 Å². The van der Waals surface area contributed by atoms with Gasteiger partial charge in [-0.2, -0.15) is 8.42 Å². The third-order valence-electron chi connectivity index (χ3n) is 1.35. The molecule has 0 amide bonds. The van der Waals surface area contributed by atoms with Crippen LogP contribution in [0.3, 0.4) is 0 Å². The van der Waals surface area contributed by atoms with E-state index in [0.29, 0.717) is 12.1 Å². The summed E-state index contributed by atoms with van der Waals surface area (Å²) in [6, 6.07) is 5.44. The van der Waals surface area contributed by atoms with Crippen molar-refractivity contribution in [1.82, 2.24) is 4.98 Å². The Hall–Kier alpha value is -1.20. The Balaban J connectivity index is -0.0000000395. The zero-order valence-electron chi connectivity index (χ0n) is 10.7. The van der Waals surface area contributed by atoms with Gasteiger partial charge in [-0.3, -0.25) is 28.4 Å². The first-order chi connectivity index (χ1) is 6.99. The molecule has 1 rings (SSSR count). The predicted octanol–water partition coefficient (Wildman–Crippen LogP) is 1.09. The number of rotatable bonds is 3. The number of pyridine rings is 1. The van der Waals surface area contributed by atoms with Gasteiger partial charge in [-0.1, -0.05) is 13.0 Å². The molecule has 1 aromatic heterocycles. The van der Waals surface area contributed by atoms with Gasteiger partial charge in [0.05, 0.1) is 18.1 Å². The zero-order valence-corrected chi connectivity index (χ0v) is 11.5. The largest absolute Gasteiger partial charge is 0.390 e. The highest BCUT2D eigenvalue weighted by Crippen LogP contribution is 1.89. The molecule has 0 unspecified atom stereocenters. The Labute approximate surface area is 117 Å². The molecule has 0 atom stereocenters. The van der Waals surface area contributed by atoms with Gasteiger partial charge < -0.3 is 5.11 Å². The zero-order chi connectivity index (χ0) is 11.7. The van der Waals surface area contributed by atoms with Crippen molar-refractivity contribution in [3.8, 4) is 0 Å². The van der Waals surface area contributed by atoms with Gasteiger partial charge in [0, 0.05) is 14.6 Å². The van der Waals surface area contributed by atoms with E-state index in [-0.39, 0.29) is 39.6 Å². The number of aromatic nitrogens is 1. The molecule has 5 nitrogen and oxygen atoms in total. The third-order valence-corrected chi connectivity index (χ3v) is 2.27. The van der Waals surface area contributed by atoms with E-state index in [1.54, 1.807) is 19.2 Å². The Kier molecular flexibility index (Phi) is 36.6. The van der Waals surface area contributed by atoms with Crippen LogP contribution in [0, 0.1) is 0 Å². The van der Waals surface area contributed by atoms with Gasteiger partial charge >= 0.3 is 0 Å². The first-order valence-electron chi connectivity index (χ1n) is 4.45. The first kappa shape index (κ1) is 36.4. The topological polar surface area (TPSA) is 87.5 Å². The van der Waals surface area contributed by atoms with Gasteiger partial charge in [0.25, 0.3) is 10.1 Å². The predicted molar refractivity (Wildman–Crippen MR) is 72.6 cm³/mol. The number of nitrogens with zero attached hydrogens (tertiary/aromatic N) is 1. The number of hydrogen-bond donors (Lipinski definition) is 2. The van der Waals surface area contributed by atoms with Crippen LogP contribution in [-0.4, -0.2) is 37.2 Å². The monoisotopic (exact) mass is 324 g/mol. The SMILES string of the molecule is CCCS(=O)(=O)O.F.F.F.F.OCc1ccccn1.[B]. The van der Waals surface area contributed by atoms with Crippen LogP contribution in [0.2, 0.25) is 0 Å². The summed E-state index contributed by atoms with van der Waals surface area (Å²) in [5, 5.41) is 8.48. The average molecular weight is 324 g/mol. The van der Waals surface area contributed by atoms with E-state index in [1.165, 1.54) is 0 Å². The van der Waals surface area contributed by atoms with Gasteiger partial charge in [0.15, 0.2) is 0 Å². The molecule has 2 N–H and O–H groups in total. The van der Waals surface area contributed by atoms with Crippen molar-refractivity contribution in [2.45, 2.75) is 20.0 Å². The summed E-state index contributed by atoms with van der Waals surface area (Å²) >= 11 is 0. The molecular formula is C9H19BF4NO4S. The minimum atomic E-state index is -3.67. The van der Waals surface area contributed by atoms with E-state index in [0.717, 1.165) is 0 Å². The molecule has 0 spiro atoms. The Morgan fingerprint density at radius 2 is 1.65 bits per heavy atom. The van der Waals surface area contributed by atoms with E-state index in [1.807, 2.05) is 12.1 Å². The Morgan fingerprint density at radius 3 is 1.80 bits per heavy atom. The molecular weight excluding hydrogens is 305 g/mol. The molecule has 0 saturated heterocycles. The molecule has 11 heteroatoms. The van der Waals surface area contributed by atoms with Crippen molar-refractivity contribution in [3.05, 3.63) is 30.1 Å². The van der Waals surface area contributed by atoms with E-state index in [2.05, 4.69) is 4.98 Å². The fourth-order valence-corrected chi connectivity index (χ4v) is 1.27. The smallest absolute Gasteiger partial charge is 0.264 e. The molecule has 1 aromatic rings. The van der Waals surface area contributed by atoms with Crippen LogP contribution in [0.4, 0.5) is 18.8 Å². The van der Waals surface area contributed by atoms with Gasteiger partial charge in [-0.25, -0.2) is 0 Å². The van der Waals surface area contributed by atoms with Crippen molar-refractivity contribution < 1.29 is 36.9 Å². The summed E-state index contributed by atoms with van der Waals surface area (Å²) < 4.78 is 27.6. The summed E-state index contributed by atoms with van der Waals surface area (Å²) in [4.78, 5) is 3.85. The van der Waals surface area contributed by atoms with Gasteiger partial charge in [-0.05, 0) is 18.6 Å². The molecule has 121 valence electrons. The van der Waals surface area contributed by atoms with Crippen LogP contribution in [0.5, 0.6) is 0 Å². The lowest BCUT2D eigenvalue weighted by Crippen LogP contribution is -2.01. The quantitative estimate of drug-likeness (QED) is 0.494. The number of halogens is 4. The second kappa shape index (κ2) is 20.1. The fraction of sp³-hybridized carbons (Fsp3) is 0.444. The summed E-state index contributed by atoms with van der Waals surface area (Å²) in [6.07, 6.45) is 2.13. The Bertz CT molecular complexity index is 369. The Morgan fingerprint density at radius 1 is 1.15 bits per heavy atom. The normalized spacial score (nSPS) is 7.75. The highest BCUT2D eigenvalue weighted by molar-refractivity contribution is 7.85. The van der Waals surface area contributed by atoms with Gasteiger partial charge in [0.2, 0.25) is 0 Å². The van der Waals surface area contributed by atoms with Crippen molar-refractivity contribution in [3.63, 3.8) is 0 Å². The maximum atomic E-state index is 9.79. The number of aliphatic hydroxyl groups is 1. The van der Waals surface area contributed by atoms with E-state index < -0.39 is 10.1 Å². The maximum absolute atomic E-state index is 9.79. The lowest BCUT2D eigenvalue weighted by molar-refractivity contribution is 0.277. The highest BCUT2D eigenvalue weighted by atomic mass is 32.2. The maximum Gasteiger partial charge on any atom is 0.264 e. The van der Waals surface area contributed by atoms with Crippen LogP contribution >= 0.6 is 0 Å². The molecule has 0 fully saturated rings.